The summed E-state index contributed by atoms with van der Waals surface area (Å²) in [6.45, 7) is 2.99. The number of hydrogen-bond acceptors (Lipinski definition) is 1. The van der Waals surface area contributed by atoms with Crippen molar-refractivity contribution in [1.29, 1.82) is 0 Å². The van der Waals surface area contributed by atoms with Gasteiger partial charge >= 0.3 is 0 Å². The van der Waals surface area contributed by atoms with Gasteiger partial charge in [-0.2, -0.15) is 0 Å². The van der Waals surface area contributed by atoms with Crippen molar-refractivity contribution in [1.82, 2.24) is 0 Å². The van der Waals surface area contributed by atoms with Crippen LogP contribution < -0.4 is 4.74 Å². The van der Waals surface area contributed by atoms with Gasteiger partial charge < -0.3 is 4.74 Å². The Bertz CT molecular complexity index is 427. The maximum Gasteiger partial charge on any atom is 0.141 e. The van der Waals surface area contributed by atoms with Crippen LogP contribution in [0.25, 0.3) is 0 Å². The summed E-state index contributed by atoms with van der Waals surface area (Å²) in [6.07, 6.45) is 10.7. The number of ether oxygens (including phenoxy) is 1. The zero-order valence-corrected chi connectivity index (χ0v) is 14.5. The number of rotatable bonds is 7. The van der Waals surface area contributed by atoms with Crippen LogP contribution in [-0.4, -0.2) is 6.61 Å². The van der Waals surface area contributed by atoms with Crippen LogP contribution >= 0.6 is 15.9 Å². The van der Waals surface area contributed by atoms with Crippen LogP contribution in [-0.2, 0) is 0 Å². The van der Waals surface area contributed by atoms with Crippen LogP contribution in [0.4, 0.5) is 4.39 Å². The molecule has 0 N–H and O–H groups in total. The molecule has 0 aromatic heterocycles. The quantitative estimate of drug-likeness (QED) is 0.516. The first-order valence-corrected chi connectivity index (χ1v) is 9.06. The average Bonchev–Trinajstić information content (AvgIpc) is 2.50. The van der Waals surface area contributed by atoms with Crippen molar-refractivity contribution in [2.45, 2.75) is 58.3 Å². The van der Waals surface area contributed by atoms with Crippen molar-refractivity contribution < 1.29 is 9.13 Å². The topological polar surface area (TPSA) is 9.23 Å². The van der Waals surface area contributed by atoms with Gasteiger partial charge in [0.1, 0.15) is 11.6 Å². The Morgan fingerprint density at radius 2 is 1.86 bits per heavy atom. The van der Waals surface area contributed by atoms with Crippen molar-refractivity contribution >= 4 is 15.9 Å². The third-order valence-electron chi connectivity index (χ3n) is 4.56. The lowest BCUT2D eigenvalue weighted by atomic mass is 9.80. The molecule has 1 aromatic carbocycles. The van der Waals surface area contributed by atoms with E-state index < -0.39 is 0 Å². The van der Waals surface area contributed by atoms with Crippen LogP contribution in [0.2, 0.25) is 0 Å². The molecule has 0 spiro atoms. The summed E-state index contributed by atoms with van der Waals surface area (Å²) in [5.41, 5.74) is 0. The summed E-state index contributed by atoms with van der Waals surface area (Å²) in [6, 6.07) is 4.99. The molecule has 1 nitrogen and oxygen atoms in total. The summed E-state index contributed by atoms with van der Waals surface area (Å²) in [4.78, 5) is 0. The highest BCUT2D eigenvalue weighted by atomic mass is 79.9. The van der Waals surface area contributed by atoms with E-state index in [0.29, 0.717) is 16.1 Å². The fourth-order valence-corrected chi connectivity index (χ4v) is 3.40. The molecular weight excluding hydrogens is 331 g/mol. The molecule has 1 aromatic rings. The number of hydrogen-bond donors (Lipinski definition) is 0. The Morgan fingerprint density at radius 1 is 1.14 bits per heavy atom. The molecule has 118 valence electrons. The molecule has 0 aliphatic heterocycles. The van der Waals surface area contributed by atoms with Gasteiger partial charge in [0.05, 0.1) is 11.1 Å². The van der Waals surface area contributed by atoms with Crippen LogP contribution in [0.15, 0.2) is 22.7 Å². The Hall–Kier alpha value is -0.570. The van der Waals surface area contributed by atoms with Gasteiger partial charge in [-0.3, -0.25) is 0 Å². The Labute approximate surface area is 136 Å². The molecule has 0 amide bonds. The second kappa shape index (κ2) is 8.77. The van der Waals surface area contributed by atoms with Gasteiger partial charge in [0.2, 0.25) is 0 Å². The van der Waals surface area contributed by atoms with Gasteiger partial charge in [0.15, 0.2) is 0 Å². The van der Waals surface area contributed by atoms with Crippen molar-refractivity contribution in [2.24, 2.45) is 11.8 Å². The minimum atomic E-state index is -0.257. The summed E-state index contributed by atoms with van der Waals surface area (Å²) in [5.74, 6) is 1.95. The van der Waals surface area contributed by atoms with Gasteiger partial charge in [-0.1, -0.05) is 45.4 Å². The summed E-state index contributed by atoms with van der Waals surface area (Å²) >= 11 is 3.16. The van der Waals surface area contributed by atoms with E-state index >= 15 is 0 Å². The van der Waals surface area contributed by atoms with Gasteiger partial charge in [-0.15, -0.1) is 0 Å². The molecule has 0 saturated heterocycles. The zero-order valence-electron chi connectivity index (χ0n) is 12.9. The van der Waals surface area contributed by atoms with Crippen LogP contribution in [0, 0.1) is 17.7 Å². The van der Waals surface area contributed by atoms with Crippen LogP contribution in [0.5, 0.6) is 5.75 Å². The first kappa shape index (κ1) is 16.8. The van der Waals surface area contributed by atoms with E-state index in [1.165, 1.54) is 57.4 Å². The smallest absolute Gasteiger partial charge is 0.141 e. The van der Waals surface area contributed by atoms with E-state index in [4.69, 9.17) is 4.74 Å². The highest BCUT2D eigenvalue weighted by Gasteiger charge is 2.21. The highest BCUT2D eigenvalue weighted by Crippen LogP contribution is 2.32. The first-order chi connectivity index (χ1) is 10.2. The predicted molar refractivity (Wildman–Crippen MR) is 89.2 cm³/mol. The maximum absolute atomic E-state index is 13.4. The summed E-state index contributed by atoms with van der Waals surface area (Å²) in [7, 11) is 0. The number of benzene rings is 1. The Balaban J connectivity index is 1.67. The van der Waals surface area contributed by atoms with E-state index in [9.17, 15) is 4.39 Å². The third kappa shape index (κ3) is 5.61. The largest absolute Gasteiger partial charge is 0.493 e. The van der Waals surface area contributed by atoms with Gasteiger partial charge in [-0.25, -0.2) is 4.39 Å². The molecule has 0 unspecified atom stereocenters. The molecule has 1 aliphatic carbocycles. The zero-order chi connectivity index (χ0) is 15.1. The molecule has 0 atom stereocenters. The van der Waals surface area contributed by atoms with Crippen molar-refractivity contribution in [3.8, 4) is 5.75 Å². The molecule has 2 rings (SSSR count). The van der Waals surface area contributed by atoms with Gasteiger partial charge in [0, 0.05) is 6.07 Å². The van der Waals surface area contributed by atoms with E-state index in [2.05, 4.69) is 22.9 Å². The fourth-order valence-electron chi connectivity index (χ4n) is 3.15. The highest BCUT2D eigenvalue weighted by molar-refractivity contribution is 9.10. The second-order valence-electron chi connectivity index (χ2n) is 6.27. The molecular formula is C18H26BrFO. The molecule has 0 radical (unpaired) electrons. The lowest BCUT2D eigenvalue weighted by Crippen LogP contribution is -2.20. The fraction of sp³-hybridized carbons (Fsp3) is 0.667. The molecule has 1 aliphatic rings. The maximum atomic E-state index is 13.4. The normalized spacial score (nSPS) is 22.2. The molecule has 1 fully saturated rings. The lowest BCUT2D eigenvalue weighted by Gasteiger charge is -2.28. The first-order valence-electron chi connectivity index (χ1n) is 8.27. The van der Waals surface area contributed by atoms with E-state index in [1.807, 2.05) is 6.07 Å². The summed E-state index contributed by atoms with van der Waals surface area (Å²) < 4.78 is 19.7. The minimum Gasteiger partial charge on any atom is -0.493 e. The lowest BCUT2D eigenvalue weighted by molar-refractivity contribution is 0.177. The monoisotopic (exact) mass is 356 g/mol. The van der Waals surface area contributed by atoms with Crippen molar-refractivity contribution in [2.75, 3.05) is 6.61 Å². The molecule has 3 heteroatoms. The SMILES string of the molecule is CCCCCC1CCC(COc2ccc(Br)c(F)c2)CC1. The third-order valence-corrected chi connectivity index (χ3v) is 5.20. The van der Waals surface area contributed by atoms with Crippen LogP contribution in [0.1, 0.15) is 58.3 Å². The van der Waals surface area contributed by atoms with E-state index in [-0.39, 0.29) is 5.82 Å². The Kier molecular flexibility index (Phi) is 7.01. The van der Waals surface area contributed by atoms with Gasteiger partial charge in [-0.05, 0) is 52.7 Å². The molecule has 21 heavy (non-hydrogen) atoms. The van der Waals surface area contributed by atoms with Gasteiger partial charge in [0.25, 0.3) is 0 Å². The Morgan fingerprint density at radius 3 is 2.52 bits per heavy atom. The number of halogens is 2. The second-order valence-corrected chi connectivity index (χ2v) is 7.12. The van der Waals surface area contributed by atoms with Crippen molar-refractivity contribution in [3.05, 3.63) is 28.5 Å². The average molecular weight is 357 g/mol. The molecule has 1 saturated carbocycles. The summed E-state index contributed by atoms with van der Waals surface area (Å²) in [5, 5.41) is 0. The standard InChI is InChI=1S/C18H26BrFO/c1-2-3-4-5-14-6-8-15(9-7-14)13-21-16-10-11-17(19)18(20)12-16/h10-12,14-15H,2-9,13H2,1H3. The van der Waals surface area contributed by atoms with Crippen LogP contribution in [0.3, 0.4) is 0 Å². The van der Waals surface area contributed by atoms with Crippen molar-refractivity contribution in [3.63, 3.8) is 0 Å². The van der Waals surface area contributed by atoms with E-state index in [1.54, 1.807) is 6.07 Å². The number of unbranched alkanes of at least 4 members (excludes halogenated alkanes) is 2. The minimum absolute atomic E-state index is 0.257. The predicted octanol–water partition coefficient (Wildman–Crippen LogP) is 6.35. The molecule has 0 heterocycles. The van der Waals surface area contributed by atoms with E-state index in [0.717, 1.165) is 12.5 Å². The molecule has 0 bridgehead atoms.